The van der Waals surface area contributed by atoms with Gasteiger partial charge in [0.15, 0.2) is 0 Å². The van der Waals surface area contributed by atoms with Gasteiger partial charge in [-0.05, 0) is 129 Å². The van der Waals surface area contributed by atoms with E-state index in [1.165, 1.54) is 76.1 Å². The van der Waals surface area contributed by atoms with Crippen molar-refractivity contribution in [2.24, 2.45) is 0 Å². The van der Waals surface area contributed by atoms with E-state index in [1.807, 2.05) is 29.7 Å². The number of thiophene rings is 1. The first-order chi connectivity index (χ1) is 30.7. The van der Waals surface area contributed by atoms with Gasteiger partial charge in [0.05, 0.1) is 17.1 Å². The Morgan fingerprint density at radius 3 is 1.84 bits per heavy atom. The summed E-state index contributed by atoms with van der Waals surface area (Å²) in [6.07, 6.45) is 1.86. The van der Waals surface area contributed by atoms with Crippen LogP contribution in [0.5, 0.6) is 0 Å². The van der Waals surface area contributed by atoms with Gasteiger partial charge in [0.2, 0.25) is 0 Å². The molecule has 8 aromatic carbocycles. The average molecular weight is 828 g/mol. The topological polar surface area (TPSA) is 19.4 Å². The maximum absolute atomic E-state index is 4.64. The molecule has 0 atom stereocenters. The number of hydrogen-bond donors (Lipinski definition) is 0. The summed E-state index contributed by atoms with van der Waals surface area (Å²) in [5.41, 5.74) is 18.9. The average Bonchev–Trinajstić information content (AvgIpc) is 3.81. The maximum Gasteiger partial charge on any atom is 0.0701 e. The molecular weight excluding hydrogens is 783 g/mol. The molecule has 0 saturated heterocycles. The van der Waals surface area contributed by atoms with Crippen LogP contribution in [0.15, 0.2) is 200 Å². The molecule has 0 unspecified atom stereocenters. The van der Waals surface area contributed by atoms with Crippen LogP contribution in [0.3, 0.4) is 0 Å². The van der Waals surface area contributed by atoms with Crippen molar-refractivity contribution in [1.82, 2.24) is 4.98 Å². The van der Waals surface area contributed by atoms with Gasteiger partial charge in [-0.15, -0.1) is 11.3 Å². The van der Waals surface area contributed by atoms with Crippen LogP contribution in [-0.2, 0) is 10.8 Å². The van der Waals surface area contributed by atoms with Crippen LogP contribution in [0.25, 0.3) is 53.7 Å². The molecule has 12 rings (SSSR count). The van der Waals surface area contributed by atoms with Crippen molar-refractivity contribution < 1.29 is 0 Å². The smallest absolute Gasteiger partial charge is 0.0701 e. The van der Waals surface area contributed by atoms with E-state index in [0.717, 1.165) is 34.0 Å². The highest BCUT2D eigenvalue weighted by Gasteiger charge is 2.39. The Bertz CT molecular complexity index is 3400. The molecule has 0 N–H and O–H groups in total. The van der Waals surface area contributed by atoms with Crippen LogP contribution in [0, 0.1) is 0 Å². The van der Waals surface area contributed by atoms with Crippen LogP contribution in [0.4, 0.5) is 34.1 Å². The zero-order valence-corrected chi connectivity index (χ0v) is 36.6. The lowest BCUT2D eigenvalue weighted by Gasteiger charge is -2.43. The van der Waals surface area contributed by atoms with Gasteiger partial charge >= 0.3 is 0 Å². The van der Waals surface area contributed by atoms with E-state index in [2.05, 4.69) is 224 Å². The van der Waals surface area contributed by atoms with Crippen molar-refractivity contribution in [3.05, 3.63) is 223 Å². The largest absolute Gasteiger partial charge is 0.310 e. The summed E-state index contributed by atoms with van der Waals surface area (Å²) >= 11 is 1.87. The Balaban J connectivity index is 1.06. The van der Waals surface area contributed by atoms with Gasteiger partial charge in [0.1, 0.15) is 0 Å². The molecule has 0 amide bonds. The summed E-state index contributed by atoms with van der Waals surface area (Å²) in [6, 6.07) is 71.7. The van der Waals surface area contributed by atoms with Crippen molar-refractivity contribution in [2.45, 2.75) is 38.5 Å². The van der Waals surface area contributed by atoms with Crippen LogP contribution >= 0.6 is 11.3 Å². The van der Waals surface area contributed by atoms with Crippen molar-refractivity contribution in [3.8, 4) is 33.5 Å². The summed E-state index contributed by atoms with van der Waals surface area (Å²) in [5.74, 6) is 0. The zero-order valence-electron chi connectivity index (χ0n) is 35.8. The fourth-order valence-electron chi connectivity index (χ4n) is 10.4. The number of anilines is 6. The van der Waals surface area contributed by atoms with Gasteiger partial charge in [0, 0.05) is 65.5 Å². The molecule has 0 saturated carbocycles. The fraction of sp³-hybridized carbons (Fsp3) is 0.102. The maximum atomic E-state index is 4.64. The molecule has 63 heavy (non-hydrogen) atoms. The molecule has 3 nitrogen and oxygen atoms in total. The highest BCUT2D eigenvalue weighted by molar-refractivity contribution is 7.25. The van der Waals surface area contributed by atoms with Crippen molar-refractivity contribution in [3.63, 3.8) is 0 Å². The van der Waals surface area contributed by atoms with E-state index in [4.69, 9.17) is 0 Å². The number of benzene rings is 8. The Labute approximate surface area is 373 Å². The van der Waals surface area contributed by atoms with Gasteiger partial charge in [-0.25, -0.2) is 0 Å². The van der Waals surface area contributed by atoms with Gasteiger partial charge in [0.25, 0.3) is 0 Å². The van der Waals surface area contributed by atoms with Crippen LogP contribution < -0.4 is 9.80 Å². The highest BCUT2D eigenvalue weighted by atomic mass is 32.1. The molecule has 1 aliphatic carbocycles. The SMILES string of the molecule is CC1(C)c2ccccc2-c2ccc(N(c3ccc4c(c3)C(C)(C)c3cc(-c5ccccc5)ccc3N4c3ccc(-c4ccccn4)cc3)c3ccc4c(c3)sc3ccccc34)cc21. The summed E-state index contributed by atoms with van der Waals surface area (Å²) in [6.45, 7) is 9.53. The lowest BCUT2D eigenvalue weighted by molar-refractivity contribution is 0.632. The first-order valence-electron chi connectivity index (χ1n) is 21.9. The Morgan fingerprint density at radius 1 is 0.429 bits per heavy atom. The van der Waals surface area contributed by atoms with Crippen molar-refractivity contribution >= 4 is 65.6 Å². The van der Waals surface area contributed by atoms with Crippen LogP contribution in [-0.4, -0.2) is 4.98 Å². The molecule has 0 fully saturated rings. The first-order valence-corrected chi connectivity index (χ1v) is 22.7. The molecule has 0 bridgehead atoms. The molecule has 302 valence electrons. The minimum Gasteiger partial charge on any atom is -0.310 e. The van der Waals surface area contributed by atoms with Crippen LogP contribution in [0.1, 0.15) is 49.9 Å². The molecule has 4 heteroatoms. The van der Waals surface area contributed by atoms with Gasteiger partial charge in [-0.3, -0.25) is 4.98 Å². The highest BCUT2D eigenvalue weighted by Crippen LogP contribution is 2.55. The second-order valence-corrected chi connectivity index (χ2v) is 19.1. The third kappa shape index (κ3) is 5.89. The zero-order chi connectivity index (χ0) is 42.5. The third-order valence-electron chi connectivity index (χ3n) is 13.7. The second kappa shape index (κ2) is 14.1. The molecule has 3 heterocycles. The van der Waals surface area contributed by atoms with E-state index in [0.29, 0.717) is 0 Å². The third-order valence-corrected chi connectivity index (χ3v) is 14.8. The Kier molecular flexibility index (Phi) is 8.41. The monoisotopic (exact) mass is 827 g/mol. The fourth-order valence-corrected chi connectivity index (χ4v) is 11.5. The number of fused-ring (bicyclic) bond motifs is 8. The quantitative estimate of drug-likeness (QED) is 0.166. The molecule has 2 aliphatic rings. The van der Waals surface area contributed by atoms with Crippen molar-refractivity contribution in [2.75, 3.05) is 9.80 Å². The van der Waals surface area contributed by atoms with E-state index < -0.39 is 0 Å². The minimum atomic E-state index is -0.335. The Morgan fingerprint density at radius 2 is 1.03 bits per heavy atom. The summed E-state index contributed by atoms with van der Waals surface area (Å²) in [4.78, 5) is 9.59. The van der Waals surface area contributed by atoms with E-state index >= 15 is 0 Å². The number of rotatable bonds is 6. The van der Waals surface area contributed by atoms with Gasteiger partial charge in [-0.2, -0.15) is 0 Å². The lowest BCUT2D eigenvalue weighted by atomic mass is 9.72. The van der Waals surface area contributed by atoms with Crippen molar-refractivity contribution in [1.29, 1.82) is 0 Å². The molecule has 0 radical (unpaired) electrons. The molecule has 0 spiro atoms. The summed E-state index contributed by atoms with van der Waals surface area (Å²) in [7, 11) is 0. The molecular formula is C59H45N3S. The van der Waals surface area contributed by atoms with Crippen LogP contribution in [0.2, 0.25) is 0 Å². The van der Waals surface area contributed by atoms with E-state index in [1.54, 1.807) is 0 Å². The lowest BCUT2D eigenvalue weighted by Crippen LogP contribution is -2.31. The van der Waals surface area contributed by atoms with E-state index in [9.17, 15) is 0 Å². The standard InChI is InChI=1S/C59H45N3S/c1-58(2)49-18-10-8-16-45(49)46-29-26-42(35-50(46)58)61(44-27-30-48-47-17-9-11-20-56(47)63-57(48)37-44)43-28-32-55-52(36-43)59(3,4)51-34-40(38-14-6-5-7-15-38)23-31-54(51)62(55)41-24-21-39(22-25-41)53-19-12-13-33-60-53/h5-37H,1-4H3. The Hall–Kier alpha value is -7.27. The molecule has 10 aromatic rings. The molecule has 1 aliphatic heterocycles. The number of hydrogen-bond acceptors (Lipinski definition) is 4. The van der Waals surface area contributed by atoms with Gasteiger partial charge in [-0.1, -0.05) is 137 Å². The predicted octanol–water partition coefficient (Wildman–Crippen LogP) is 16.7. The van der Waals surface area contributed by atoms with Gasteiger partial charge < -0.3 is 9.80 Å². The number of aromatic nitrogens is 1. The minimum absolute atomic E-state index is 0.131. The first kappa shape index (κ1) is 37.5. The number of nitrogens with zero attached hydrogens (tertiary/aromatic N) is 3. The normalized spacial score (nSPS) is 14.3. The van der Waals surface area contributed by atoms with E-state index in [-0.39, 0.29) is 10.8 Å². The summed E-state index contributed by atoms with van der Waals surface area (Å²) in [5, 5.41) is 2.61. The summed E-state index contributed by atoms with van der Waals surface area (Å²) < 4.78 is 2.60. The predicted molar refractivity (Wildman–Crippen MR) is 267 cm³/mol. The second-order valence-electron chi connectivity index (χ2n) is 18.0. The number of pyridine rings is 1. The molecule has 2 aromatic heterocycles.